The molecular formula is C11H18O. The Labute approximate surface area is 75.8 Å². The molecule has 0 radical (unpaired) electrons. The van der Waals surface area contributed by atoms with Gasteiger partial charge in [-0.05, 0) is 6.42 Å². The Morgan fingerprint density at radius 3 is 2.75 bits per heavy atom. The summed E-state index contributed by atoms with van der Waals surface area (Å²) in [4.78, 5) is 0. The van der Waals surface area contributed by atoms with Crippen molar-refractivity contribution >= 4 is 0 Å². The van der Waals surface area contributed by atoms with Crippen LogP contribution in [-0.2, 0) is 4.74 Å². The normalized spacial score (nSPS) is 9.50. The Hall–Kier alpha value is -0.900. The number of hydrogen-bond acceptors (Lipinski definition) is 1. The van der Waals surface area contributed by atoms with Crippen LogP contribution in [0.1, 0.15) is 39.0 Å². The van der Waals surface area contributed by atoms with E-state index in [9.17, 15) is 0 Å². The summed E-state index contributed by atoms with van der Waals surface area (Å²) in [6.45, 7) is 2.22. The zero-order valence-electron chi connectivity index (χ0n) is 8.10. The molecule has 1 heteroatoms. The smallest absolute Gasteiger partial charge is 0.0908 e. The standard InChI is InChI=1S/C11H18O/c1-3-4-5-6-7-8-9-10-11-12-2/h10-11H,3-7H2,1-2H3/b11-10-. The largest absolute Gasteiger partial charge is 0.504 e. The number of ether oxygens (including phenoxy) is 1. The van der Waals surface area contributed by atoms with Crippen molar-refractivity contribution in [3.8, 4) is 11.8 Å². The van der Waals surface area contributed by atoms with Crippen LogP contribution in [0.25, 0.3) is 0 Å². The molecule has 0 spiro atoms. The van der Waals surface area contributed by atoms with Crippen LogP contribution in [0.4, 0.5) is 0 Å². The molecule has 0 saturated carbocycles. The molecule has 0 aliphatic heterocycles. The molecule has 0 heterocycles. The predicted molar refractivity (Wildman–Crippen MR) is 52.7 cm³/mol. The molecule has 0 rings (SSSR count). The SMILES string of the molecule is CCCCCCC#C/C=C\OC. The monoisotopic (exact) mass is 166 g/mol. The van der Waals surface area contributed by atoms with Crippen LogP contribution in [0.2, 0.25) is 0 Å². The number of rotatable bonds is 5. The van der Waals surface area contributed by atoms with Gasteiger partial charge in [-0.1, -0.05) is 38.0 Å². The molecule has 0 aromatic rings. The van der Waals surface area contributed by atoms with Crippen molar-refractivity contribution < 1.29 is 4.74 Å². The van der Waals surface area contributed by atoms with Crippen LogP contribution in [0.15, 0.2) is 12.3 Å². The Morgan fingerprint density at radius 2 is 2.08 bits per heavy atom. The van der Waals surface area contributed by atoms with Crippen molar-refractivity contribution in [1.29, 1.82) is 0 Å². The lowest BCUT2D eigenvalue weighted by Gasteiger charge is -1.91. The fraction of sp³-hybridized carbons (Fsp3) is 0.636. The van der Waals surface area contributed by atoms with Crippen molar-refractivity contribution in [2.24, 2.45) is 0 Å². The van der Waals surface area contributed by atoms with E-state index in [2.05, 4.69) is 18.8 Å². The quantitative estimate of drug-likeness (QED) is 0.346. The average Bonchev–Trinajstić information content (AvgIpc) is 2.10. The van der Waals surface area contributed by atoms with E-state index < -0.39 is 0 Å². The molecular weight excluding hydrogens is 148 g/mol. The van der Waals surface area contributed by atoms with Gasteiger partial charge in [0.05, 0.1) is 13.4 Å². The fourth-order valence-electron chi connectivity index (χ4n) is 0.873. The fourth-order valence-corrected chi connectivity index (χ4v) is 0.873. The second kappa shape index (κ2) is 10.1. The molecule has 68 valence electrons. The first-order chi connectivity index (χ1) is 5.91. The van der Waals surface area contributed by atoms with E-state index >= 15 is 0 Å². The van der Waals surface area contributed by atoms with E-state index in [1.165, 1.54) is 25.7 Å². The molecule has 0 aliphatic rings. The average molecular weight is 166 g/mol. The minimum absolute atomic E-state index is 1.01. The molecule has 0 saturated heterocycles. The van der Waals surface area contributed by atoms with Crippen LogP contribution in [0.3, 0.4) is 0 Å². The number of allylic oxidation sites excluding steroid dienone is 1. The number of unbranched alkanes of at least 4 members (excludes halogenated alkanes) is 4. The van der Waals surface area contributed by atoms with Crippen LogP contribution >= 0.6 is 0 Å². The Balaban J connectivity index is 3.15. The van der Waals surface area contributed by atoms with E-state index in [1.54, 1.807) is 19.4 Å². The topological polar surface area (TPSA) is 9.23 Å². The highest BCUT2D eigenvalue weighted by Gasteiger charge is 1.82. The van der Waals surface area contributed by atoms with Crippen LogP contribution in [0.5, 0.6) is 0 Å². The molecule has 12 heavy (non-hydrogen) atoms. The maximum Gasteiger partial charge on any atom is 0.0908 e. The molecule has 0 aromatic heterocycles. The lowest BCUT2D eigenvalue weighted by atomic mass is 10.2. The van der Waals surface area contributed by atoms with Crippen molar-refractivity contribution in [2.45, 2.75) is 39.0 Å². The van der Waals surface area contributed by atoms with Crippen LogP contribution < -0.4 is 0 Å². The molecule has 0 amide bonds. The van der Waals surface area contributed by atoms with E-state index in [0.717, 1.165) is 6.42 Å². The van der Waals surface area contributed by atoms with Crippen molar-refractivity contribution in [3.63, 3.8) is 0 Å². The van der Waals surface area contributed by atoms with Crippen molar-refractivity contribution in [2.75, 3.05) is 7.11 Å². The van der Waals surface area contributed by atoms with Crippen LogP contribution in [0, 0.1) is 11.8 Å². The summed E-state index contributed by atoms with van der Waals surface area (Å²) in [5, 5.41) is 0. The third-order valence-corrected chi connectivity index (χ3v) is 1.54. The van der Waals surface area contributed by atoms with Crippen LogP contribution in [-0.4, -0.2) is 7.11 Å². The Kier molecular flexibility index (Phi) is 9.34. The minimum atomic E-state index is 1.01. The molecule has 0 bridgehead atoms. The predicted octanol–water partition coefficient (Wildman–Crippen LogP) is 3.12. The molecule has 0 atom stereocenters. The van der Waals surface area contributed by atoms with Gasteiger partial charge in [0.15, 0.2) is 0 Å². The van der Waals surface area contributed by atoms with Gasteiger partial charge in [0.25, 0.3) is 0 Å². The summed E-state index contributed by atoms with van der Waals surface area (Å²) in [5.41, 5.74) is 0. The lowest BCUT2D eigenvalue weighted by molar-refractivity contribution is 0.338. The molecule has 1 nitrogen and oxygen atoms in total. The third-order valence-electron chi connectivity index (χ3n) is 1.54. The summed E-state index contributed by atoms with van der Waals surface area (Å²) in [6, 6.07) is 0. The molecule has 0 aromatic carbocycles. The summed E-state index contributed by atoms with van der Waals surface area (Å²) in [5.74, 6) is 5.97. The van der Waals surface area contributed by atoms with E-state index in [-0.39, 0.29) is 0 Å². The van der Waals surface area contributed by atoms with Gasteiger partial charge in [-0.2, -0.15) is 0 Å². The highest BCUT2D eigenvalue weighted by Crippen LogP contribution is 2.00. The third kappa shape index (κ3) is 9.10. The van der Waals surface area contributed by atoms with Gasteiger partial charge < -0.3 is 4.74 Å². The summed E-state index contributed by atoms with van der Waals surface area (Å²) >= 11 is 0. The summed E-state index contributed by atoms with van der Waals surface area (Å²) in [6.07, 6.45) is 9.49. The van der Waals surface area contributed by atoms with Gasteiger partial charge >= 0.3 is 0 Å². The first-order valence-electron chi connectivity index (χ1n) is 4.58. The first-order valence-corrected chi connectivity index (χ1v) is 4.58. The van der Waals surface area contributed by atoms with Gasteiger partial charge in [0, 0.05) is 12.5 Å². The maximum atomic E-state index is 4.70. The van der Waals surface area contributed by atoms with Gasteiger partial charge in [-0.25, -0.2) is 0 Å². The van der Waals surface area contributed by atoms with Gasteiger partial charge in [0.1, 0.15) is 0 Å². The molecule has 0 unspecified atom stereocenters. The zero-order valence-corrected chi connectivity index (χ0v) is 8.10. The van der Waals surface area contributed by atoms with E-state index in [1.807, 2.05) is 0 Å². The second-order valence-corrected chi connectivity index (χ2v) is 2.67. The molecule has 0 N–H and O–H groups in total. The highest BCUT2D eigenvalue weighted by atomic mass is 16.5. The summed E-state index contributed by atoms with van der Waals surface area (Å²) in [7, 11) is 1.62. The van der Waals surface area contributed by atoms with E-state index in [0.29, 0.717) is 0 Å². The van der Waals surface area contributed by atoms with E-state index in [4.69, 9.17) is 4.74 Å². The van der Waals surface area contributed by atoms with Gasteiger partial charge in [-0.15, -0.1) is 0 Å². The van der Waals surface area contributed by atoms with Gasteiger partial charge in [-0.3, -0.25) is 0 Å². The number of methoxy groups -OCH3 is 1. The Morgan fingerprint density at radius 1 is 1.25 bits per heavy atom. The summed E-state index contributed by atoms with van der Waals surface area (Å²) < 4.78 is 4.70. The Bertz CT molecular complexity index is 160. The minimum Gasteiger partial charge on any atom is -0.504 e. The second-order valence-electron chi connectivity index (χ2n) is 2.67. The molecule has 0 aliphatic carbocycles. The first kappa shape index (κ1) is 11.1. The highest BCUT2D eigenvalue weighted by molar-refractivity contribution is 5.13. The lowest BCUT2D eigenvalue weighted by Crippen LogP contribution is -1.73. The zero-order chi connectivity index (χ0) is 9.07. The van der Waals surface area contributed by atoms with Crippen molar-refractivity contribution in [3.05, 3.63) is 12.3 Å². The van der Waals surface area contributed by atoms with Crippen molar-refractivity contribution in [1.82, 2.24) is 0 Å². The number of hydrogen-bond donors (Lipinski definition) is 0. The van der Waals surface area contributed by atoms with Gasteiger partial charge in [0.2, 0.25) is 0 Å². The molecule has 0 fully saturated rings. The maximum absolute atomic E-state index is 4.70.